The molecule has 1 aliphatic heterocycles. The fourth-order valence-corrected chi connectivity index (χ4v) is 4.99. The van der Waals surface area contributed by atoms with Gasteiger partial charge in [0.15, 0.2) is 5.82 Å². The third-order valence-corrected chi connectivity index (χ3v) is 7.43. The highest BCUT2D eigenvalue weighted by Gasteiger charge is 2.30. The van der Waals surface area contributed by atoms with Crippen LogP contribution in [-0.2, 0) is 4.79 Å². The van der Waals surface area contributed by atoms with E-state index in [2.05, 4.69) is 15.1 Å². The van der Waals surface area contributed by atoms with Crippen LogP contribution in [0.25, 0.3) is 11.3 Å². The molecule has 0 unspecified atom stereocenters. The van der Waals surface area contributed by atoms with Gasteiger partial charge >= 0.3 is 0 Å². The Morgan fingerprint density at radius 3 is 2.10 bits per heavy atom. The molecule has 8 heteroatoms. The molecule has 0 radical (unpaired) electrons. The molecule has 0 saturated carbocycles. The number of anilines is 1. The summed E-state index contributed by atoms with van der Waals surface area (Å²) >= 11 is 6.36. The van der Waals surface area contributed by atoms with Crippen LogP contribution in [-0.4, -0.2) is 64.5 Å². The molecule has 1 atom stereocenters. The number of rotatable bonds is 7. The van der Waals surface area contributed by atoms with Gasteiger partial charge in [0.05, 0.1) is 22.3 Å². The molecule has 5 rings (SSSR count). The first-order valence-electron chi connectivity index (χ1n) is 13.0. The van der Waals surface area contributed by atoms with E-state index >= 15 is 0 Å². The minimum atomic E-state index is -0.307. The van der Waals surface area contributed by atoms with Crippen LogP contribution >= 0.6 is 11.6 Å². The lowest BCUT2D eigenvalue weighted by Crippen LogP contribution is -2.52. The number of amides is 2. The van der Waals surface area contributed by atoms with Crippen LogP contribution in [0.5, 0.6) is 0 Å². The molecule has 0 aliphatic carbocycles. The van der Waals surface area contributed by atoms with Gasteiger partial charge in [0, 0.05) is 31.7 Å². The summed E-state index contributed by atoms with van der Waals surface area (Å²) in [7, 11) is 0. The Bertz CT molecular complexity index is 1410. The van der Waals surface area contributed by atoms with Crippen molar-refractivity contribution < 1.29 is 9.59 Å². The topological polar surface area (TPSA) is 69.6 Å². The fourth-order valence-electron chi connectivity index (χ4n) is 4.77. The zero-order valence-electron chi connectivity index (χ0n) is 21.8. The third kappa shape index (κ3) is 6.10. The van der Waals surface area contributed by atoms with Crippen molar-refractivity contribution in [3.63, 3.8) is 0 Å². The van der Waals surface area contributed by atoms with Gasteiger partial charge in [-0.25, -0.2) is 0 Å². The minimum Gasteiger partial charge on any atom is -0.352 e. The van der Waals surface area contributed by atoms with Gasteiger partial charge < -0.3 is 14.7 Å². The number of hydrogen-bond acceptors (Lipinski definition) is 5. The third-order valence-electron chi connectivity index (χ3n) is 7.10. The summed E-state index contributed by atoms with van der Waals surface area (Å²) in [6.45, 7) is 4.25. The molecule has 0 spiro atoms. The highest BCUT2D eigenvalue weighted by atomic mass is 35.5. The SMILES string of the molecule is C[C@@H](c1ccccc1)N(CC(=O)N1CCN(c2ccc(-c3ccccc3)nn2)CC1)C(=O)c1ccccc1Cl. The van der Waals surface area contributed by atoms with Crippen molar-refractivity contribution in [1.82, 2.24) is 20.0 Å². The Kier molecular flexibility index (Phi) is 8.18. The van der Waals surface area contributed by atoms with E-state index in [0.717, 1.165) is 22.6 Å². The van der Waals surface area contributed by atoms with E-state index in [0.29, 0.717) is 36.8 Å². The van der Waals surface area contributed by atoms with E-state index in [1.807, 2.05) is 84.6 Å². The number of halogens is 1. The van der Waals surface area contributed by atoms with Gasteiger partial charge in [0.2, 0.25) is 5.91 Å². The number of benzene rings is 3. The van der Waals surface area contributed by atoms with Crippen molar-refractivity contribution in [1.29, 1.82) is 0 Å². The molecule has 3 aromatic carbocycles. The molecule has 2 heterocycles. The van der Waals surface area contributed by atoms with Crippen LogP contribution in [0.1, 0.15) is 28.9 Å². The van der Waals surface area contributed by atoms with Gasteiger partial charge in [-0.1, -0.05) is 84.4 Å². The molecule has 0 bridgehead atoms. The maximum atomic E-state index is 13.6. The molecule has 1 aromatic heterocycles. The molecule has 2 amide bonds. The summed E-state index contributed by atoms with van der Waals surface area (Å²) < 4.78 is 0. The number of piperazine rings is 1. The van der Waals surface area contributed by atoms with Gasteiger partial charge in [0.25, 0.3) is 5.91 Å². The maximum Gasteiger partial charge on any atom is 0.256 e. The van der Waals surface area contributed by atoms with Crippen LogP contribution in [0, 0.1) is 0 Å². The van der Waals surface area contributed by atoms with Gasteiger partial charge in [0.1, 0.15) is 6.54 Å². The van der Waals surface area contributed by atoms with Crippen molar-refractivity contribution in [2.75, 3.05) is 37.6 Å². The summed E-state index contributed by atoms with van der Waals surface area (Å²) in [5.41, 5.74) is 3.18. The number of aromatic nitrogens is 2. The number of nitrogens with zero attached hydrogens (tertiary/aromatic N) is 5. The van der Waals surface area contributed by atoms with Crippen molar-refractivity contribution >= 4 is 29.2 Å². The van der Waals surface area contributed by atoms with Gasteiger partial charge in [-0.3, -0.25) is 9.59 Å². The van der Waals surface area contributed by atoms with E-state index < -0.39 is 0 Å². The second-order valence-electron chi connectivity index (χ2n) is 9.51. The Morgan fingerprint density at radius 1 is 0.821 bits per heavy atom. The molecule has 1 aliphatic rings. The number of carbonyl (C=O) groups excluding carboxylic acids is 2. The largest absolute Gasteiger partial charge is 0.352 e. The average molecular weight is 540 g/mol. The lowest BCUT2D eigenvalue weighted by Gasteiger charge is -2.37. The highest BCUT2D eigenvalue weighted by molar-refractivity contribution is 6.33. The average Bonchev–Trinajstić information content (AvgIpc) is 3.00. The summed E-state index contributed by atoms with van der Waals surface area (Å²) in [6.07, 6.45) is 0. The summed E-state index contributed by atoms with van der Waals surface area (Å²) in [6, 6.07) is 30.2. The van der Waals surface area contributed by atoms with E-state index in [-0.39, 0.29) is 24.4 Å². The van der Waals surface area contributed by atoms with E-state index in [4.69, 9.17) is 11.6 Å². The van der Waals surface area contributed by atoms with Gasteiger partial charge in [-0.15, -0.1) is 10.2 Å². The molecule has 1 fully saturated rings. The maximum absolute atomic E-state index is 13.6. The molecule has 0 N–H and O–H groups in total. The minimum absolute atomic E-state index is 0.0360. The standard InChI is InChI=1S/C31H30ClN5O2/c1-23(24-10-4-2-5-11-24)37(31(39)26-14-8-9-15-27(26)32)22-30(38)36-20-18-35(19-21-36)29-17-16-28(33-34-29)25-12-6-3-7-13-25/h2-17,23H,18-22H2,1H3/t23-/m0/s1. The van der Waals surface area contributed by atoms with Gasteiger partial charge in [-0.2, -0.15) is 0 Å². The van der Waals surface area contributed by atoms with E-state index in [1.165, 1.54) is 0 Å². The van der Waals surface area contributed by atoms with Crippen LogP contribution < -0.4 is 4.90 Å². The van der Waals surface area contributed by atoms with Crippen LogP contribution in [0.2, 0.25) is 5.02 Å². The number of hydrogen-bond donors (Lipinski definition) is 0. The first kappa shape index (κ1) is 26.4. The second kappa shape index (κ2) is 12.1. The van der Waals surface area contributed by atoms with Crippen molar-refractivity contribution in [2.24, 2.45) is 0 Å². The number of carbonyl (C=O) groups is 2. The fraction of sp³-hybridized carbons (Fsp3) is 0.226. The van der Waals surface area contributed by atoms with Crippen LogP contribution in [0.3, 0.4) is 0 Å². The van der Waals surface area contributed by atoms with Crippen LogP contribution in [0.15, 0.2) is 97.1 Å². The Labute approximate surface area is 233 Å². The first-order chi connectivity index (χ1) is 19.0. The predicted octanol–water partition coefficient (Wildman–Crippen LogP) is 5.35. The van der Waals surface area contributed by atoms with E-state index in [1.54, 1.807) is 29.2 Å². The van der Waals surface area contributed by atoms with Crippen LogP contribution in [0.4, 0.5) is 5.82 Å². The van der Waals surface area contributed by atoms with Crippen molar-refractivity contribution in [3.8, 4) is 11.3 Å². The lowest BCUT2D eigenvalue weighted by molar-refractivity contribution is -0.132. The Balaban J connectivity index is 1.26. The normalized spacial score (nSPS) is 14.1. The second-order valence-corrected chi connectivity index (χ2v) is 9.92. The smallest absolute Gasteiger partial charge is 0.256 e. The highest BCUT2D eigenvalue weighted by Crippen LogP contribution is 2.26. The van der Waals surface area contributed by atoms with Crippen molar-refractivity contribution in [3.05, 3.63) is 113 Å². The quantitative estimate of drug-likeness (QED) is 0.317. The zero-order valence-corrected chi connectivity index (χ0v) is 22.5. The zero-order chi connectivity index (χ0) is 27.2. The predicted molar refractivity (Wildman–Crippen MR) is 154 cm³/mol. The Hall–Kier alpha value is -4.23. The lowest BCUT2D eigenvalue weighted by atomic mass is 10.1. The molecule has 4 aromatic rings. The van der Waals surface area contributed by atoms with E-state index in [9.17, 15) is 9.59 Å². The monoisotopic (exact) mass is 539 g/mol. The molecule has 1 saturated heterocycles. The summed E-state index contributed by atoms with van der Waals surface area (Å²) in [5, 5.41) is 9.19. The first-order valence-corrected chi connectivity index (χ1v) is 13.4. The molecule has 7 nitrogen and oxygen atoms in total. The summed E-state index contributed by atoms with van der Waals surface area (Å²) in [4.78, 5) is 32.6. The van der Waals surface area contributed by atoms with Crippen molar-refractivity contribution in [2.45, 2.75) is 13.0 Å². The molecule has 198 valence electrons. The van der Waals surface area contributed by atoms with Gasteiger partial charge in [-0.05, 0) is 36.8 Å². The molecular weight excluding hydrogens is 510 g/mol. The Morgan fingerprint density at radius 2 is 1.46 bits per heavy atom. The molecular formula is C31H30ClN5O2. The molecule has 39 heavy (non-hydrogen) atoms. The summed E-state index contributed by atoms with van der Waals surface area (Å²) in [5.74, 6) is 0.427.